The van der Waals surface area contributed by atoms with Crippen LogP contribution in [0.1, 0.15) is 36.8 Å². The van der Waals surface area contributed by atoms with Gasteiger partial charge in [-0.15, -0.1) is 0 Å². The van der Waals surface area contributed by atoms with Crippen LogP contribution >= 0.6 is 0 Å². The molecule has 0 atom stereocenters. The molecule has 0 aromatic heterocycles. The number of likely N-dealkylation sites (N-methyl/N-ethyl adjacent to an activating group) is 1. The zero-order valence-electron chi connectivity index (χ0n) is 12.2. The fourth-order valence-electron chi connectivity index (χ4n) is 4.46. The zero-order chi connectivity index (χ0) is 13.3. The van der Waals surface area contributed by atoms with Crippen LogP contribution in [-0.2, 0) is 10.2 Å². The molecule has 2 nitrogen and oxygen atoms in total. The summed E-state index contributed by atoms with van der Waals surface area (Å²) in [5.74, 6) is 0. The topological polar surface area (TPSA) is 21.3 Å². The Kier molecular flexibility index (Phi) is 3.40. The maximum absolute atomic E-state index is 5.54. The predicted octanol–water partition coefficient (Wildman–Crippen LogP) is 3.04. The van der Waals surface area contributed by atoms with Gasteiger partial charge in [-0.3, -0.25) is 0 Å². The molecule has 1 aliphatic carbocycles. The van der Waals surface area contributed by atoms with Crippen molar-refractivity contribution in [2.45, 2.75) is 38.0 Å². The lowest BCUT2D eigenvalue weighted by molar-refractivity contribution is -0.0734. The number of ether oxygens (including phenoxy) is 1. The summed E-state index contributed by atoms with van der Waals surface area (Å²) in [5, 5.41) is 3.43. The summed E-state index contributed by atoms with van der Waals surface area (Å²) < 4.78 is 5.54. The third kappa shape index (κ3) is 2.21. The predicted molar refractivity (Wildman–Crippen MR) is 78.5 cm³/mol. The van der Waals surface area contributed by atoms with Gasteiger partial charge in [-0.2, -0.15) is 0 Å². The molecule has 1 saturated carbocycles. The molecule has 2 fully saturated rings. The van der Waals surface area contributed by atoms with E-state index in [1.54, 1.807) is 5.56 Å². The highest BCUT2D eigenvalue weighted by atomic mass is 16.5. The first-order valence-electron chi connectivity index (χ1n) is 7.48. The van der Waals surface area contributed by atoms with Crippen LogP contribution in [0.25, 0.3) is 0 Å². The van der Waals surface area contributed by atoms with Crippen molar-refractivity contribution >= 4 is 0 Å². The van der Waals surface area contributed by atoms with Crippen LogP contribution in [-0.4, -0.2) is 26.8 Å². The van der Waals surface area contributed by atoms with Crippen molar-refractivity contribution in [1.29, 1.82) is 0 Å². The van der Waals surface area contributed by atoms with E-state index < -0.39 is 0 Å². The first-order valence-corrected chi connectivity index (χ1v) is 7.48. The van der Waals surface area contributed by atoms with Gasteiger partial charge in [0.15, 0.2) is 0 Å². The van der Waals surface area contributed by atoms with Gasteiger partial charge in [0.1, 0.15) is 0 Å². The van der Waals surface area contributed by atoms with Crippen molar-refractivity contribution in [2.75, 3.05) is 26.8 Å². The first-order chi connectivity index (χ1) is 9.20. The van der Waals surface area contributed by atoms with Gasteiger partial charge < -0.3 is 10.1 Å². The maximum Gasteiger partial charge on any atom is 0.0471 e. The molecule has 0 radical (unpaired) electrons. The Morgan fingerprint density at radius 3 is 2.47 bits per heavy atom. The molecule has 1 heterocycles. The molecule has 1 spiro atoms. The molecule has 0 unspecified atom stereocenters. The molecule has 104 valence electrons. The number of benzene rings is 1. The molecular weight excluding hydrogens is 234 g/mol. The van der Waals surface area contributed by atoms with Crippen molar-refractivity contribution < 1.29 is 4.74 Å². The lowest BCUT2D eigenvalue weighted by Crippen LogP contribution is -2.56. The van der Waals surface area contributed by atoms with Crippen LogP contribution in [0.2, 0.25) is 0 Å². The van der Waals surface area contributed by atoms with Gasteiger partial charge in [-0.05, 0) is 56.2 Å². The van der Waals surface area contributed by atoms with E-state index in [9.17, 15) is 0 Å². The average Bonchev–Trinajstić information content (AvgIpc) is 2.38. The Labute approximate surface area is 116 Å². The summed E-state index contributed by atoms with van der Waals surface area (Å²) >= 11 is 0. The Balaban J connectivity index is 1.85. The Morgan fingerprint density at radius 2 is 1.84 bits per heavy atom. The van der Waals surface area contributed by atoms with Crippen molar-refractivity contribution in [1.82, 2.24) is 5.32 Å². The highest BCUT2D eigenvalue weighted by molar-refractivity contribution is 5.37. The van der Waals surface area contributed by atoms with Gasteiger partial charge in [-0.1, -0.05) is 24.3 Å². The third-order valence-electron chi connectivity index (χ3n) is 5.21. The number of nitrogens with one attached hydrogen (secondary N) is 1. The number of hydrogen-bond acceptors (Lipinski definition) is 2. The lowest BCUT2D eigenvalue weighted by Gasteiger charge is -2.59. The van der Waals surface area contributed by atoms with E-state index in [0.717, 1.165) is 19.8 Å². The standard InChI is InChI=1S/C17H25NO/c1-14-5-3-4-6-15(14)17(13-18-2)11-16(12-17)7-9-19-10-8-16/h3-6,18H,7-13H2,1-2H3. The number of rotatable bonds is 3. The highest BCUT2D eigenvalue weighted by Crippen LogP contribution is 2.60. The van der Waals surface area contributed by atoms with Crippen molar-refractivity contribution in [2.24, 2.45) is 5.41 Å². The fraction of sp³-hybridized carbons (Fsp3) is 0.647. The molecule has 19 heavy (non-hydrogen) atoms. The Hall–Kier alpha value is -0.860. The summed E-state index contributed by atoms with van der Waals surface area (Å²) in [5.41, 5.74) is 3.93. The second-order valence-corrected chi connectivity index (χ2v) is 6.59. The molecular formula is C17H25NO. The molecule has 0 amide bonds. The number of hydrogen-bond donors (Lipinski definition) is 1. The summed E-state index contributed by atoms with van der Waals surface area (Å²) in [4.78, 5) is 0. The van der Waals surface area contributed by atoms with E-state index in [0.29, 0.717) is 10.8 Å². The van der Waals surface area contributed by atoms with E-state index in [1.165, 1.54) is 31.2 Å². The summed E-state index contributed by atoms with van der Waals surface area (Å²) in [6, 6.07) is 8.92. The molecule has 2 heteroatoms. The van der Waals surface area contributed by atoms with Crippen LogP contribution in [0.5, 0.6) is 0 Å². The van der Waals surface area contributed by atoms with Crippen LogP contribution in [0.4, 0.5) is 0 Å². The van der Waals surface area contributed by atoms with Gasteiger partial charge in [0.05, 0.1) is 0 Å². The van der Waals surface area contributed by atoms with Gasteiger partial charge in [0.25, 0.3) is 0 Å². The van der Waals surface area contributed by atoms with E-state index in [-0.39, 0.29) is 0 Å². The molecule has 3 rings (SSSR count). The summed E-state index contributed by atoms with van der Waals surface area (Å²) in [6.07, 6.45) is 5.17. The normalized spacial score (nSPS) is 24.1. The van der Waals surface area contributed by atoms with Crippen LogP contribution in [0.15, 0.2) is 24.3 Å². The maximum atomic E-state index is 5.54. The summed E-state index contributed by atoms with van der Waals surface area (Å²) in [6.45, 7) is 5.27. The quantitative estimate of drug-likeness (QED) is 0.901. The minimum atomic E-state index is 0.359. The fourth-order valence-corrected chi connectivity index (χ4v) is 4.46. The van der Waals surface area contributed by atoms with Crippen LogP contribution in [0, 0.1) is 12.3 Å². The van der Waals surface area contributed by atoms with E-state index in [4.69, 9.17) is 4.74 Å². The van der Waals surface area contributed by atoms with Crippen molar-refractivity contribution in [3.63, 3.8) is 0 Å². The van der Waals surface area contributed by atoms with E-state index >= 15 is 0 Å². The molecule has 1 aromatic rings. The average molecular weight is 259 g/mol. The van der Waals surface area contributed by atoms with Crippen molar-refractivity contribution in [3.8, 4) is 0 Å². The highest BCUT2D eigenvalue weighted by Gasteiger charge is 2.55. The number of aryl methyl sites for hydroxylation is 1. The Morgan fingerprint density at radius 1 is 1.16 bits per heavy atom. The second kappa shape index (κ2) is 4.92. The summed E-state index contributed by atoms with van der Waals surface area (Å²) in [7, 11) is 2.08. The monoisotopic (exact) mass is 259 g/mol. The van der Waals surface area contributed by atoms with Gasteiger partial charge in [0.2, 0.25) is 0 Å². The SMILES string of the molecule is CNCC1(c2ccccc2C)CC2(CCOCC2)C1. The first kappa shape index (κ1) is 13.1. The molecule has 0 bridgehead atoms. The Bertz CT molecular complexity index is 440. The van der Waals surface area contributed by atoms with Gasteiger partial charge >= 0.3 is 0 Å². The van der Waals surface area contributed by atoms with E-state index in [1.807, 2.05) is 0 Å². The molecule has 2 aliphatic rings. The van der Waals surface area contributed by atoms with Crippen LogP contribution in [0.3, 0.4) is 0 Å². The smallest absolute Gasteiger partial charge is 0.0471 e. The minimum Gasteiger partial charge on any atom is -0.381 e. The molecule has 1 N–H and O–H groups in total. The molecule has 1 saturated heterocycles. The molecule has 1 aromatic carbocycles. The zero-order valence-corrected chi connectivity index (χ0v) is 12.2. The molecule has 1 aliphatic heterocycles. The van der Waals surface area contributed by atoms with Gasteiger partial charge in [0, 0.05) is 25.2 Å². The largest absolute Gasteiger partial charge is 0.381 e. The lowest BCUT2D eigenvalue weighted by atomic mass is 9.47. The minimum absolute atomic E-state index is 0.359. The third-order valence-corrected chi connectivity index (χ3v) is 5.21. The van der Waals surface area contributed by atoms with Crippen LogP contribution < -0.4 is 5.32 Å². The second-order valence-electron chi connectivity index (χ2n) is 6.59. The van der Waals surface area contributed by atoms with E-state index in [2.05, 4.69) is 43.6 Å². The van der Waals surface area contributed by atoms with Crippen molar-refractivity contribution in [3.05, 3.63) is 35.4 Å². The van der Waals surface area contributed by atoms with Gasteiger partial charge in [-0.25, -0.2) is 0 Å².